The summed E-state index contributed by atoms with van der Waals surface area (Å²) in [6.45, 7) is 0. The van der Waals surface area contributed by atoms with Crippen molar-refractivity contribution in [3.8, 4) is 0 Å². The Balaban J connectivity index is 1.45. The van der Waals surface area contributed by atoms with E-state index in [1.807, 2.05) is 0 Å². The van der Waals surface area contributed by atoms with Crippen LogP contribution in [-0.2, 0) is 38.1 Å². The van der Waals surface area contributed by atoms with E-state index < -0.39 is 47.3 Å². The quantitative estimate of drug-likeness (QED) is 0.542. The Morgan fingerprint density at radius 1 is 0.600 bits per heavy atom. The lowest BCUT2D eigenvalue weighted by Crippen LogP contribution is -2.52. The number of esters is 4. The molecule has 0 aromatic carbocycles. The Hall–Kier alpha value is -2.12. The Labute approximate surface area is 144 Å². The van der Waals surface area contributed by atoms with Crippen LogP contribution in [0, 0.1) is 11.8 Å². The molecule has 4 aliphatic rings. The van der Waals surface area contributed by atoms with Crippen LogP contribution in [0.1, 0.15) is 57.8 Å². The van der Waals surface area contributed by atoms with Crippen LogP contribution in [0.25, 0.3) is 0 Å². The van der Waals surface area contributed by atoms with Gasteiger partial charge in [0.1, 0.15) is 0 Å². The van der Waals surface area contributed by atoms with E-state index in [0.29, 0.717) is 25.7 Å². The molecule has 2 heterocycles. The lowest BCUT2D eigenvalue weighted by atomic mass is 9.92. The first-order valence-corrected chi connectivity index (χ1v) is 8.83. The van der Waals surface area contributed by atoms with Gasteiger partial charge in [-0.15, -0.1) is 0 Å². The lowest BCUT2D eigenvalue weighted by Gasteiger charge is -2.38. The Morgan fingerprint density at radius 3 is 1.16 bits per heavy atom. The highest BCUT2D eigenvalue weighted by atomic mass is 16.8. The van der Waals surface area contributed by atoms with Crippen molar-refractivity contribution in [2.45, 2.75) is 69.4 Å². The van der Waals surface area contributed by atoms with E-state index >= 15 is 0 Å². The maximum atomic E-state index is 12.3. The summed E-state index contributed by atoms with van der Waals surface area (Å²) in [5.41, 5.74) is 0. The van der Waals surface area contributed by atoms with Gasteiger partial charge in [-0.3, -0.25) is 19.2 Å². The average molecular weight is 352 g/mol. The highest BCUT2D eigenvalue weighted by Gasteiger charge is 2.55. The molecular formula is C17H20O8. The van der Waals surface area contributed by atoms with Crippen LogP contribution in [-0.4, -0.2) is 35.5 Å². The molecule has 0 amide bonds. The molecule has 136 valence electrons. The van der Waals surface area contributed by atoms with Crippen molar-refractivity contribution in [1.82, 2.24) is 0 Å². The number of ether oxygens (including phenoxy) is 4. The second kappa shape index (κ2) is 5.71. The fourth-order valence-corrected chi connectivity index (χ4v) is 4.11. The second-order valence-electron chi connectivity index (χ2n) is 7.26. The molecule has 8 nitrogen and oxygen atoms in total. The summed E-state index contributed by atoms with van der Waals surface area (Å²) < 4.78 is 21.3. The molecule has 0 aromatic rings. The standard InChI is InChI=1S/C17H20O8/c18-12-10(13(19)23-16(22-12)5-1-2-6-16)9-11-14(20)24-17(25-15(11)21)7-3-4-8-17/h10-11H,1-9H2. The minimum Gasteiger partial charge on any atom is -0.422 e. The van der Waals surface area contributed by atoms with Crippen molar-refractivity contribution in [3.05, 3.63) is 0 Å². The Morgan fingerprint density at radius 2 is 0.880 bits per heavy atom. The molecule has 0 atom stereocenters. The van der Waals surface area contributed by atoms with Gasteiger partial charge in [0.2, 0.25) is 0 Å². The molecule has 2 aliphatic heterocycles. The van der Waals surface area contributed by atoms with Crippen molar-refractivity contribution in [2.24, 2.45) is 11.8 Å². The SMILES string of the molecule is O=C1OC2(CCCC2)OC(=O)C1CC1C(=O)OC2(CCCC2)OC1=O. The molecule has 0 bridgehead atoms. The molecule has 4 fully saturated rings. The van der Waals surface area contributed by atoms with Crippen LogP contribution in [0.15, 0.2) is 0 Å². The molecule has 0 unspecified atom stereocenters. The molecule has 25 heavy (non-hydrogen) atoms. The molecule has 2 spiro atoms. The topological polar surface area (TPSA) is 105 Å². The highest BCUT2D eigenvalue weighted by Crippen LogP contribution is 2.42. The van der Waals surface area contributed by atoms with Gasteiger partial charge in [-0.25, -0.2) is 0 Å². The molecule has 2 saturated heterocycles. The van der Waals surface area contributed by atoms with Gasteiger partial charge in [0.05, 0.1) is 0 Å². The van der Waals surface area contributed by atoms with E-state index in [2.05, 4.69) is 0 Å². The van der Waals surface area contributed by atoms with Gasteiger partial charge in [-0.05, 0) is 32.1 Å². The van der Waals surface area contributed by atoms with Gasteiger partial charge >= 0.3 is 23.9 Å². The van der Waals surface area contributed by atoms with Crippen molar-refractivity contribution in [1.29, 1.82) is 0 Å². The monoisotopic (exact) mass is 352 g/mol. The fraction of sp³-hybridized carbons (Fsp3) is 0.765. The predicted molar refractivity (Wildman–Crippen MR) is 78.4 cm³/mol. The van der Waals surface area contributed by atoms with E-state index in [9.17, 15) is 19.2 Å². The molecule has 0 aromatic heterocycles. The number of carbonyl (C=O) groups excluding carboxylic acids is 4. The van der Waals surface area contributed by atoms with E-state index in [4.69, 9.17) is 18.9 Å². The zero-order valence-electron chi connectivity index (χ0n) is 13.8. The van der Waals surface area contributed by atoms with E-state index in [0.717, 1.165) is 25.7 Å². The van der Waals surface area contributed by atoms with Gasteiger partial charge in [-0.2, -0.15) is 0 Å². The smallest absolute Gasteiger partial charge is 0.323 e. The summed E-state index contributed by atoms with van der Waals surface area (Å²) in [6.07, 6.45) is 4.83. The van der Waals surface area contributed by atoms with Gasteiger partial charge in [0.25, 0.3) is 11.6 Å². The number of carbonyl (C=O) groups is 4. The van der Waals surface area contributed by atoms with Crippen LogP contribution in [0.5, 0.6) is 0 Å². The fourth-order valence-electron chi connectivity index (χ4n) is 4.11. The summed E-state index contributed by atoms with van der Waals surface area (Å²) in [6, 6.07) is 0. The van der Waals surface area contributed by atoms with Crippen LogP contribution in [0.2, 0.25) is 0 Å². The zero-order chi connectivity index (χ0) is 17.7. The Bertz CT molecular complexity index is 533. The van der Waals surface area contributed by atoms with Crippen molar-refractivity contribution >= 4 is 23.9 Å². The van der Waals surface area contributed by atoms with Crippen molar-refractivity contribution in [2.75, 3.05) is 0 Å². The molecular weight excluding hydrogens is 332 g/mol. The first-order valence-electron chi connectivity index (χ1n) is 8.83. The highest BCUT2D eigenvalue weighted by molar-refractivity contribution is 6.01. The molecule has 2 aliphatic carbocycles. The molecule has 8 heteroatoms. The molecule has 4 rings (SSSR count). The van der Waals surface area contributed by atoms with Crippen LogP contribution in [0.3, 0.4) is 0 Å². The van der Waals surface area contributed by atoms with E-state index in [-0.39, 0.29) is 6.42 Å². The summed E-state index contributed by atoms with van der Waals surface area (Å²) in [4.78, 5) is 49.1. The van der Waals surface area contributed by atoms with Crippen LogP contribution in [0.4, 0.5) is 0 Å². The molecule has 0 N–H and O–H groups in total. The van der Waals surface area contributed by atoms with E-state index in [1.165, 1.54) is 0 Å². The first kappa shape index (κ1) is 16.4. The number of hydrogen-bond acceptors (Lipinski definition) is 8. The third kappa shape index (κ3) is 2.77. The Kier molecular flexibility index (Phi) is 3.73. The van der Waals surface area contributed by atoms with Crippen LogP contribution < -0.4 is 0 Å². The maximum absolute atomic E-state index is 12.3. The molecule has 0 radical (unpaired) electrons. The van der Waals surface area contributed by atoms with E-state index in [1.54, 1.807) is 0 Å². The normalized spacial score (nSPS) is 31.0. The third-order valence-corrected chi connectivity index (χ3v) is 5.49. The zero-order valence-corrected chi connectivity index (χ0v) is 13.8. The minimum atomic E-state index is -1.31. The predicted octanol–water partition coefficient (Wildman–Crippen LogP) is 1.35. The largest absolute Gasteiger partial charge is 0.422 e. The van der Waals surface area contributed by atoms with Crippen LogP contribution >= 0.6 is 0 Å². The average Bonchev–Trinajstić information content (AvgIpc) is 3.15. The lowest BCUT2D eigenvalue weighted by molar-refractivity contribution is -0.255. The molecule has 2 saturated carbocycles. The summed E-state index contributed by atoms with van der Waals surface area (Å²) in [7, 11) is 0. The first-order chi connectivity index (χ1) is 11.9. The minimum absolute atomic E-state index is 0.346. The number of rotatable bonds is 2. The van der Waals surface area contributed by atoms with Gasteiger partial charge < -0.3 is 18.9 Å². The maximum Gasteiger partial charge on any atom is 0.323 e. The van der Waals surface area contributed by atoms with Crippen molar-refractivity contribution < 1.29 is 38.1 Å². The van der Waals surface area contributed by atoms with Gasteiger partial charge in [0.15, 0.2) is 11.8 Å². The summed E-state index contributed by atoms with van der Waals surface area (Å²) >= 11 is 0. The van der Waals surface area contributed by atoms with Gasteiger partial charge in [-0.1, -0.05) is 0 Å². The number of hydrogen-bond donors (Lipinski definition) is 0. The third-order valence-electron chi connectivity index (χ3n) is 5.49. The summed E-state index contributed by atoms with van der Waals surface area (Å²) in [5, 5.41) is 0. The van der Waals surface area contributed by atoms with Crippen molar-refractivity contribution in [3.63, 3.8) is 0 Å². The van der Waals surface area contributed by atoms with Gasteiger partial charge in [0, 0.05) is 25.7 Å². The second-order valence-corrected chi connectivity index (χ2v) is 7.26. The summed E-state index contributed by atoms with van der Waals surface area (Å²) in [5.74, 6) is -7.94.